The summed E-state index contributed by atoms with van der Waals surface area (Å²) in [5, 5.41) is 5.46. The molecule has 7 nitrogen and oxygen atoms in total. The van der Waals surface area contributed by atoms with E-state index in [0.717, 1.165) is 0 Å². The number of anilines is 2. The van der Waals surface area contributed by atoms with Crippen LogP contribution < -0.4 is 15.4 Å². The van der Waals surface area contributed by atoms with E-state index in [0.29, 0.717) is 22.1 Å². The zero-order valence-electron chi connectivity index (χ0n) is 15.0. The smallest absolute Gasteiger partial charge is 0.306 e. The van der Waals surface area contributed by atoms with Crippen LogP contribution in [-0.2, 0) is 19.1 Å². The molecule has 2 rings (SSSR count). The summed E-state index contributed by atoms with van der Waals surface area (Å²) in [5.74, 6) is -1.72. The lowest BCUT2D eigenvalue weighted by Gasteiger charge is -2.10. The third-order valence-corrected chi connectivity index (χ3v) is 3.72. The van der Waals surface area contributed by atoms with E-state index in [9.17, 15) is 18.8 Å². The van der Waals surface area contributed by atoms with Crippen LogP contribution in [0.1, 0.15) is 12.8 Å². The van der Waals surface area contributed by atoms with Gasteiger partial charge in [-0.15, -0.1) is 0 Å². The molecule has 28 heavy (non-hydrogen) atoms. The van der Waals surface area contributed by atoms with Crippen LogP contribution >= 0.6 is 11.6 Å². The number of esters is 1. The van der Waals surface area contributed by atoms with Gasteiger partial charge < -0.3 is 20.1 Å². The van der Waals surface area contributed by atoms with Crippen LogP contribution in [0.5, 0.6) is 5.75 Å². The number of hydrogen-bond acceptors (Lipinski definition) is 5. The highest BCUT2D eigenvalue weighted by Gasteiger charge is 2.13. The topological polar surface area (TPSA) is 93.7 Å². The molecule has 0 aromatic heterocycles. The van der Waals surface area contributed by atoms with Gasteiger partial charge in [-0.1, -0.05) is 11.6 Å². The molecular weight excluding hydrogens is 391 g/mol. The maximum absolute atomic E-state index is 12.8. The highest BCUT2D eigenvalue weighted by atomic mass is 35.5. The highest BCUT2D eigenvalue weighted by Crippen LogP contribution is 2.27. The Morgan fingerprint density at radius 1 is 1.00 bits per heavy atom. The predicted octanol–water partition coefficient (Wildman–Crippen LogP) is 3.39. The summed E-state index contributed by atoms with van der Waals surface area (Å²) in [6.45, 7) is -0.514. The van der Waals surface area contributed by atoms with Gasteiger partial charge in [-0.25, -0.2) is 4.39 Å². The van der Waals surface area contributed by atoms with Gasteiger partial charge in [-0.05, 0) is 42.5 Å². The summed E-state index contributed by atoms with van der Waals surface area (Å²) in [6, 6.07) is 9.88. The number of carbonyl (C=O) groups excluding carboxylic acids is 3. The van der Waals surface area contributed by atoms with Crippen LogP contribution in [0.2, 0.25) is 5.02 Å². The second-order valence-electron chi connectivity index (χ2n) is 5.61. The SMILES string of the molecule is COc1ccc(Cl)cc1NC(=O)CCC(=O)OCC(=O)Nc1ccc(F)cc1. The second kappa shape index (κ2) is 10.3. The van der Waals surface area contributed by atoms with Crippen molar-refractivity contribution in [3.8, 4) is 5.75 Å². The van der Waals surface area contributed by atoms with Crippen molar-refractivity contribution in [2.45, 2.75) is 12.8 Å². The van der Waals surface area contributed by atoms with Crippen LogP contribution in [0.25, 0.3) is 0 Å². The quantitative estimate of drug-likeness (QED) is 0.653. The van der Waals surface area contributed by atoms with Crippen LogP contribution in [0.4, 0.5) is 15.8 Å². The molecule has 9 heteroatoms. The normalized spacial score (nSPS) is 10.1. The van der Waals surface area contributed by atoms with Crippen LogP contribution in [-0.4, -0.2) is 31.5 Å². The molecule has 2 aromatic rings. The number of benzene rings is 2. The average molecular weight is 409 g/mol. The van der Waals surface area contributed by atoms with Crippen molar-refractivity contribution in [2.75, 3.05) is 24.4 Å². The molecule has 2 N–H and O–H groups in total. The largest absolute Gasteiger partial charge is 0.495 e. The molecule has 0 spiro atoms. The fraction of sp³-hybridized carbons (Fsp3) is 0.211. The summed E-state index contributed by atoms with van der Waals surface area (Å²) in [4.78, 5) is 35.4. The standard InChI is InChI=1S/C19H18ClFN2O5/c1-27-16-7-2-12(20)10-15(16)23-17(24)8-9-19(26)28-11-18(25)22-14-5-3-13(21)4-6-14/h2-7,10H,8-9,11H2,1H3,(H,22,25)(H,23,24). The van der Waals surface area contributed by atoms with E-state index in [1.54, 1.807) is 12.1 Å². The maximum Gasteiger partial charge on any atom is 0.306 e. The third kappa shape index (κ3) is 6.88. The first kappa shape index (κ1) is 21.2. The van der Waals surface area contributed by atoms with Gasteiger partial charge in [0.05, 0.1) is 19.2 Å². The molecule has 0 atom stereocenters. The number of halogens is 2. The number of methoxy groups -OCH3 is 1. The minimum Gasteiger partial charge on any atom is -0.495 e. The lowest BCUT2D eigenvalue weighted by atomic mass is 10.2. The molecule has 0 fully saturated rings. The summed E-state index contributed by atoms with van der Waals surface area (Å²) >= 11 is 5.88. The molecule has 0 aliphatic heterocycles. The van der Waals surface area contributed by atoms with E-state index >= 15 is 0 Å². The van der Waals surface area contributed by atoms with Gasteiger partial charge in [0.25, 0.3) is 5.91 Å². The third-order valence-electron chi connectivity index (χ3n) is 3.48. The van der Waals surface area contributed by atoms with Crippen molar-refractivity contribution in [2.24, 2.45) is 0 Å². The van der Waals surface area contributed by atoms with Crippen molar-refractivity contribution < 1.29 is 28.2 Å². The van der Waals surface area contributed by atoms with Crippen LogP contribution in [0.15, 0.2) is 42.5 Å². The van der Waals surface area contributed by atoms with Gasteiger partial charge in [-0.2, -0.15) is 0 Å². The lowest BCUT2D eigenvalue weighted by molar-refractivity contribution is -0.147. The van der Waals surface area contributed by atoms with Crippen molar-refractivity contribution in [1.82, 2.24) is 0 Å². The summed E-state index contributed by atoms with van der Waals surface area (Å²) in [5.41, 5.74) is 0.754. The molecule has 0 radical (unpaired) electrons. The monoisotopic (exact) mass is 408 g/mol. The Kier molecular flexibility index (Phi) is 7.76. The Morgan fingerprint density at radius 2 is 1.71 bits per heavy atom. The number of nitrogens with one attached hydrogen (secondary N) is 2. The summed E-state index contributed by atoms with van der Waals surface area (Å²) in [7, 11) is 1.45. The molecule has 0 saturated carbocycles. The Labute approximate surface area is 165 Å². The molecular formula is C19H18ClFN2O5. The van der Waals surface area contributed by atoms with E-state index in [1.807, 2.05) is 0 Å². The zero-order valence-corrected chi connectivity index (χ0v) is 15.7. The van der Waals surface area contributed by atoms with Gasteiger partial charge in [0.15, 0.2) is 6.61 Å². The van der Waals surface area contributed by atoms with Crippen LogP contribution in [0, 0.1) is 5.82 Å². The molecule has 0 bridgehead atoms. The lowest BCUT2D eigenvalue weighted by Crippen LogP contribution is -2.21. The first-order valence-corrected chi connectivity index (χ1v) is 8.59. The van der Waals surface area contributed by atoms with E-state index in [2.05, 4.69) is 10.6 Å². The Morgan fingerprint density at radius 3 is 2.39 bits per heavy atom. The minimum atomic E-state index is -0.706. The molecule has 0 saturated heterocycles. The highest BCUT2D eigenvalue weighted by molar-refractivity contribution is 6.31. The van der Waals surface area contributed by atoms with Gasteiger partial charge in [0, 0.05) is 17.1 Å². The molecule has 148 valence electrons. The number of carbonyl (C=O) groups is 3. The first-order valence-electron chi connectivity index (χ1n) is 8.22. The van der Waals surface area contributed by atoms with E-state index in [-0.39, 0.29) is 12.8 Å². The maximum atomic E-state index is 12.8. The predicted molar refractivity (Wildman–Crippen MR) is 102 cm³/mol. The number of amides is 2. The number of hydrogen-bond donors (Lipinski definition) is 2. The Hall–Kier alpha value is -3.13. The fourth-order valence-electron chi connectivity index (χ4n) is 2.15. The number of ether oxygens (including phenoxy) is 2. The van der Waals surface area contributed by atoms with E-state index in [1.165, 1.54) is 37.4 Å². The molecule has 0 aliphatic rings. The molecule has 0 unspecified atom stereocenters. The molecule has 0 heterocycles. The zero-order chi connectivity index (χ0) is 20.5. The van der Waals surface area contributed by atoms with Gasteiger partial charge >= 0.3 is 5.97 Å². The summed E-state index contributed by atoms with van der Waals surface area (Å²) < 4.78 is 22.7. The van der Waals surface area contributed by atoms with Gasteiger partial charge in [-0.3, -0.25) is 14.4 Å². The van der Waals surface area contributed by atoms with Gasteiger partial charge in [0.2, 0.25) is 5.91 Å². The molecule has 2 amide bonds. The van der Waals surface area contributed by atoms with Gasteiger partial charge in [0.1, 0.15) is 11.6 Å². The van der Waals surface area contributed by atoms with Crippen molar-refractivity contribution >= 4 is 40.8 Å². The first-order chi connectivity index (χ1) is 13.4. The van der Waals surface area contributed by atoms with E-state index in [4.69, 9.17) is 21.1 Å². The second-order valence-corrected chi connectivity index (χ2v) is 6.04. The number of rotatable bonds is 8. The van der Waals surface area contributed by atoms with Crippen molar-refractivity contribution in [1.29, 1.82) is 0 Å². The Bertz CT molecular complexity index is 858. The fourth-order valence-corrected chi connectivity index (χ4v) is 2.33. The van der Waals surface area contributed by atoms with E-state index < -0.39 is 30.2 Å². The summed E-state index contributed by atoms with van der Waals surface area (Å²) in [6.07, 6.45) is -0.355. The molecule has 0 aliphatic carbocycles. The molecule has 2 aromatic carbocycles. The Balaban J connectivity index is 1.73. The van der Waals surface area contributed by atoms with Crippen LogP contribution in [0.3, 0.4) is 0 Å². The average Bonchev–Trinajstić information content (AvgIpc) is 2.67. The van der Waals surface area contributed by atoms with Crippen molar-refractivity contribution in [3.05, 3.63) is 53.3 Å². The minimum absolute atomic E-state index is 0.145. The van der Waals surface area contributed by atoms with Crippen molar-refractivity contribution in [3.63, 3.8) is 0 Å².